The Hall–Kier alpha value is -8.38. The number of nitrogens with zero attached hydrogens (tertiary/aromatic N) is 4. The summed E-state index contributed by atoms with van der Waals surface area (Å²) in [6, 6.07) is 80.6. The minimum absolute atomic E-state index is 1.16. The van der Waals surface area contributed by atoms with Crippen LogP contribution in [-0.2, 0) is 0 Å². The number of thiophene rings is 1. The molecule has 0 radical (unpaired) electrons. The van der Waals surface area contributed by atoms with Gasteiger partial charge in [0.15, 0.2) is 0 Å². The molecule has 0 unspecified atom stereocenters. The number of benzene rings is 10. The minimum atomic E-state index is 1.16. The average molecular weight is 845 g/mol. The van der Waals surface area contributed by atoms with E-state index < -0.39 is 0 Å². The van der Waals surface area contributed by atoms with Gasteiger partial charge in [-0.3, -0.25) is 0 Å². The molecule has 5 heteroatoms. The van der Waals surface area contributed by atoms with Gasteiger partial charge in [-0.25, -0.2) is 0 Å². The SMILES string of the molecule is c1ccc(-n2c3ccccc3c3c2ccc2c4ccccc4n(-c4ccc5sc6ccc(-n7c8ccccc8c8ccc9c(c%10ccccc%10n9-c9ccccc9)c87)cc6c5c4)c23)cc1. The first kappa shape index (κ1) is 35.1. The van der Waals surface area contributed by atoms with Gasteiger partial charge in [0.1, 0.15) is 0 Å². The summed E-state index contributed by atoms with van der Waals surface area (Å²) in [5.41, 5.74) is 14.3. The second-order valence-electron chi connectivity index (χ2n) is 17.3. The van der Waals surface area contributed by atoms with Crippen molar-refractivity contribution in [2.24, 2.45) is 0 Å². The van der Waals surface area contributed by atoms with E-state index in [2.05, 4.69) is 237 Å². The molecular formula is C60H36N4S. The van der Waals surface area contributed by atoms with E-state index in [0.717, 1.165) is 22.7 Å². The lowest BCUT2D eigenvalue weighted by molar-refractivity contribution is 1.17. The van der Waals surface area contributed by atoms with E-state index in [4.69, 9.17) is 0 Å². The second-order valence-corrected chi connectivity index (χ2v) is 18.3. The van der Waals surface area contributed by atoms with Crippen LogP contribution in [0.15, 0.2) is 218 Å². The lowest BCUT2D eigenvalue weighted by atomic mass is 10.1. The number of aromatic nitrogens is 4. The van der Waals surface area contributed by atoms with Crippen molar-refractivity contribution in [2.45, 2.75) is 0 Å². The Morgan fingerprint density at radius 1 is 0.231 bits per heavy atom. The van der Waals surface area contributed by atoms with Crippen molar-refractivity contribution >= 4 is 119 Å². The van der Waals surface area contributed by atoms with Crippen LogP contribution in [0, 0.1) is 0 Å². The number of hydrogen-bond donors (Lipinski definition) is 0. The molecule has 15 aromatic rings. The summed E-state index contributed by atoms with van der Waals surface area (Å²) in [5, 5.41) is 12.6. The summed E-state index contributed by atoms with van der Waals surface area (Å²) in [4.78, 5) is 0. The summed E-state index contributed by atoms with van der Waals surface area (Å²) in [7, 11) is 0. The van der Waals surface area contributed by atoms with Crippen molar-refractivity contribution in [1.82, 2.24) is 18.3 Å². The molecule has 10 aromatic carbocycles. The fraction of sp³-hybridized carbons (Fsp3) is 0. The monoisotopic (exact) mass is 844 g/mol. The van der Waals surface area contributed by atoms with Gasteiger partial charge in [-0.05, 0) is 97.1 Å². The maximum atomic E-state index is 2.52. The molecule has 0 saturated carbocycles. The van der Waals surface area contributed by atoms with Gasteiger partial charge in [-0.15, -0.1) is 11.3 Å². The molecule has 302 valence electrons. The van der Waals surface area contributed by atoms with Crippen LogP contribution in [0.1, 0.15) is 0 Å². The third-order valence-electron chi connectivity index (χ3n) is 13.9. The van der Waals surface area contributed by atoms with Crippen LogP contribution < -0.4 is 0 Å². The van der Waals surface area contributed by atoms with Crippen molar-refractivity contribution in [3.05, 3.63) is 218 Å². The smallest absolute Gasteiger partial charge is 0.0641 e. The number of fused-ring (bicyclic) bond motifs is 17. The van der Waals surface area contributed by atoms with Crippen molar-refractivity contribution in [1.29, 1.82) is 0 Å². The van der Waals surface area contributed by atoms with Gasteiger partial charge in [-0.2, -0.15) is 0 Å². The topological polar surface area (TPSA) is 19.7 Å². The van der Waals surface area contributed by atoms with Crippen LogP contribution in [0.25, 0.3) is 130 Å². The number of rotatable bonds is 4. The number of hydrogen-bond acceptors (Lipinski definition) is 1. The van der Waals surface area contributed by atoms with E-state index in [0.29, 0.717) is 0 Å². The minimum Gasteiger partial charge on any atom is -0.309 e. The van der Waals surface area contributed by atoms with E-state index in [1.165, 1.54) is 107 Å². The number of para-hydroxylation sites is 6. The molecule has 0 aliphatic carbocycles. The zero-order chi connectivity index (χ0) is 42.3. The Labute approximate surface area is 376 Å². The molecule has 0 amide bonds. The first-order valence-corrected chi connectivity index (χ1v) is 23.1. The van der Waals surface area contributed by atoms with Gasteiger partial charge >= 0.3 is 0 Å². The van der Waals surface area contributed by atoms with Crippen LogP contribution >= 0.6 is 11.3 Å². The highest BCUT2D eigenvalue weighted by Gasteiger charge is 2.23. The van der Waals surface area contributed by atoms with Crippen LogP contribution in [0.2, 0.25) is 0 Å². The van der Waals surface area contributed by atoms with Gasteiger partial charge in [0, 0.05) is 86.0 Å². The lowest BCUT2D eigenvalue weighted by Gasteiger charge is -2.11. The van der Waals surface area contributed by atoms with Gasteiger partial charge < -0.3 is 18.3 Å². The third-order valence-corrected chi connectivity index (χ3v) is 15.1. The predicted octanol–water partition coefficient (Wildman–Crippen LogP) is 16.4. The Balaban J connectivity index is 1.01. The van der Waals surface area contributed by atoms with Crippen molar-refractivity contribution in [3.8, 4) is 22.7 Å². The summed E-state index contributed by atoms with van der Waals surface area (Å²) >= 11 is 1.87. The second kappa shape index (κ2) is 13.1. The first-order chi connectivity index (χ1) is 32.3. The zero-order valence-electron chi connectivity index (χ0n) is 35.0. The van der Waals surface area contributed by atoms with Gasteiger partial charge in [0.25, 0.3) is 0 Å². The first-order valence-electron chi connectivity index (χ1n) is 22.3. The van der Waals surface area contributed by atoms with Gasteiger partial charge in [0.05, 0.1) is 44.1 Å². The summed E-state index contributed by atoms with van der Waals surface area (Å²) in [6.45, 7) is 0. The Morgan fingerprint density at radius 2 is 0.600 bits per heavy atom. The van der Waals surface area contributed by atoms with Crippen LogP contribution in [0.4, 0.5) is 0 Å². The molecule has 0 saturated heterocycles. The maximum absolute atomic E-state index is 2.52. The van der Waals surface area contributed by atoms with E-state index in [1.54, 1.807) is 0 Å². The molecule has 0 spiro atoms. The molecule has 4 nitrogen and oxygen atoms in total. The highest BCUT2D eigenvalue weighted by Crippen LogP contribution is 2.46. The fourth-order valence-electron chi connectivity index (χ4n) is 11.3. The largest absolute Gasteiger partial charge is 0.309 e. The average Bonchev–Trinajstić information content (AvgIpc) is 4.16. The third kappa shape index (κ3) is 4.74. The molecule has 65 heavy (non-hydrogen) atoms. The molecule has 0 aliphatic rings. The quantitative estimate of drug-likeness (QED) is 0.168. The van der Waals surface area contributed by atoms with Crippen molar-refractivity contribution in [3.63, 3.8) is 0 Å². The van der Waals surface area contributed by atoms with Crippen LogP contribution in [0.3, 0.4) is 0 Å². The normalized spacial score (nSPS) is 12.3. The zero-order valence-corrected chi connectivity index (χ0v) is 35.8. The maximum Gasteiger partial charge on any atom is 0.0641 e. The summed E-state index contributed by atoms with van der Waals surface area (Å²) < 4.78 is 12.4. The van der Waals surface area contributed by atoms with Crippen LogP contribution in [-0.4, -0.2) is 18.3 Å². The molecule has 5 aromatic heterocycles. The fourth-order valence-corrected chi connectivity index (χ4v) is 12.4. The molecule has 0 fully saturated rings. The standard InChI is InChI=1S/C60H36N4S/c1-3-15-37(16-4-1)61-51-25-13-9-21-45(51)57-53(61)31-29-43-41-19-7-11-23-49(41)63(59(43)57)39-27-33-55-47(35-39)48-36-40(28-34-56(48)65-55)64-50-24-12-8-20-42(50)44-30-32-54-58(60(44)64)46-22-10-14-26-52(46)62(54)38-17-5-2-6-18-38/h1-36H. The lowest BCUT2D eigenvalue weighted by Crippen LogP contribution is -1.96. The Bertz CT molecular complexity index is 4180. The van der Waals surface area contributed by atoms with Crippen molar-refractivity contribution < 1.29 is 0 Å². The van der Waals surface area contributed by atoms with E-state index in [9.17, 15) is 0 Å². The van der Waals surface area contributed by atoms with Crippen molar-refractivity contribution in [2.75, 3.05) is 0 Å². The molecular weight excluding hydrogens is 809 g/mol. The van der Waals surface area contributed by atoms with E-state index in [1.807, 2.05) is 11.3 Å². The van der Waals surface area contributed by atoms with Crippen LogP contribution in [0.5, 0.6) is 0 Å². The summed E-state index contributed by atoms with van der Waals surface area (Å²) in [5.74, 6) is 0. The predicted molar refractivity (Wildman–Crippen MR) is 277 cm³/mol. The molecule has 0 aliphatic heterocycles. The molecule has 5 heterocycles. The molecule has 0 bridgehead atoms. The Kier molecular flexibility index (Phi) is 7.07. The summed E-state index contributed by atoms with van der Waals surface area (Å²) in [6.07, 6.45) is 0. The molecule has 0 N–H and O–H groups in total. The molecule has 0 atom stereocenters. The highest BCUT2D eigenvalue weighted by molar-refractivity contribution is 7.25. The van der Waals surface area contributed by atoms with Gasteiger partial charge in [0.2, 0.25) is 0 Å². The molecule has 15 rings (SSSR count). The highest BCUT2D eigenvalue weighted by atomic mass is 32.1. The van der Waals surface area contributed by atoms with E-state index >= 15 is 0 Å². The van der Waals surface area contributed by atoms with E-state index in [-0.39, 0.29) is 0 Å². The Morgan fingerprint density at radius 3 is 1.03 bits per heavy atom. The van der Waals surface area contributed by atoms with Gasteiger partial charge in [-0.1, -0.05) is 121 Å².